The average Bonchev–Trinajstić information content (AvgIpc) is 2.66. The van der Waals surface area contributed by atoms with Crippen LogP contribution >= 0.6 is 0 Å². The monoisotopic (exact) mass is 261 g/mol. The predicted octanol–water partition coefficient (Wildman–Crippen LogP) is 1.29. The second kappa shape index (κ2) is 5.86. The van der Waals surface area contributed by atoms with Crippen molar-refractivity contribution in [3.05, 3.63) is 36.0 Å². The minimum absolute atomic E-state index is 0.0569. The number of amides is 1. The summed E-state index contributed by atoms with van der Waals surface area (Å²) >= 11 is 0. The SMILES string of the molecule is CN(C)NC(=O)COCc1cn(C)c2ccccc12. The first-order valence-corrected chi connectivity index (χ1v) is 6.15. The maximum atomic E-state index is 11.4. The van der Waals surface area contributed by atoms with Crippen LogP contribution in [0.2, 0.25) is 0 Å². The number of hydrazine groups is 1. The first kappa shape index (κ1) is 13.6. The van der Waals surface area contributed by atoms with Crippen molar-refractivity contribution in [2.45, 2.75) is 6.61 Å². The highest BCUT2D eigenvalue weighted by Crippen LogP contribution is 2.20. The summed E-state index contributed by atoms with van der Waals surface area (Å²) in [5.74, 6) is -0.148. The van der Waals surface area contributed by atoms with Crippen molar-refractivity contribution in [3.63, 3.8) is 0 Å². The molecule has 0 bridgehead atoms. The van der Waals surface area contributed by atoms with E-state index in [-0.39, 0.29) is 12.5 Å². The fourth-order valence-corrected chi connectivity index (χ4v) is 2.08. The fourth-order valence-electron chi connectivity index (χ4n) is 2.08. The zero-order chi connectivity index (χ0) is 13.8. The molecule has 102 valence electrons. The van der Waals surface area contributed by atoms with Crippen LogP contribution in [0, 0.1) is 0 Å². The molecular weight excluding hydrogens is 242 g/mol. The topological polar surface area (TPSA) is 46.5 Å². The number of rotatable bonds is 5. The maximum absolute atomic E-state index is 11.4. The quantitative estimate of drug-likeness (QED) is 0.825. The molecule has 0 spiro atoms. The van der Waals surface area contributed by atoms with Crippen LogP contribution < -0.4 is 5.43 Å². The number of carbonyl (C=O) groups is 1. The molecule has 0 unspecified atom stereocenters. The van der Waals surface area contributed by atoms with Crippen molar-refractivity contribution in [1.29, 1.82) is 0 Å². The van der Waals surface area contributed by atoms with E-state index in [9.17, 15) is 4.79 Å². The van der Waals surface area contributed by atoms with Crippen molar-refractivity contribution >= 4 is 16.8 Å². The van der Waals surface area contributed by atoms with Gasteiger partial charge in [-0.25, -0.2) is 5.01 Å². The Hall–Kier alpha value is -1.85. The summed E-state index contributed by atoms with van der Waals surface area (Å²) in [7, 11) is 5.54. The third-order valence-corrected chi connectivity index (χ3v) is 2.82. The molecule has 0 atom stereocenters. The molecule has 1 aromatic heterocycles. The predicted molar refractivity (Wildman–Crippen MR) is 74.4 cm³/mol. The molecule has 1 amide bonds. The lowest BCUT2D eigenvalue weighted by atomic mass is 10.2. The molecule has 0 saturated carbocycles. The number of nitrogens with one attached hydrogen (secondary N) is 1. The van der Waals surface area contributed by atoms with Gasteiger partial charge < -0.3 is 9.30 Å². The largest absolute Gasteiger partial charge is 0.367 e. The highest BCUT2D eigenvalue weighted by Gasteiger charge is 2.07. The molecule has 0 aliphatic rings. The molecule has 2 aromatic rings. The summed E-state index contributed by atoms with van der Waals surface area (Å²) in [6.45, 7) is 0.490. The number of para-hydroxylation sites is 1. The van der Waals surface area contributed by atoms with Crippen LogP contribution in [0.25, 0.3) is 10.9 Å². The normalized spacial score (nSPS) is 11.2. The van der Waals surface area contributed by atoms with E-state index in [2.05, 4.69) is 22.1 Å². The minimum atomic E-state index is -0.148. The maximum Gasteiger partial charge on any atom is 0.260 e. The summed E-state index contributed by atoms with van der Waals surface area (Å²) in [6.07, 6.45) is 2.04. The summed E-state index contributed by atoms with van der Waals surface area (Å²) < 4.78 is 7.52. The van der Waals surface area contributed by atoms with Crippen molar-refractivity contribution in [2.24, 2.45) is 7.05 Å². The minimum Gasteiger partial charge on any atom is -0.367 e. The van der Waals surface area contributed by atoms with Gasteiger partial charge in [0, 0.05) is 43.8 Å². The zero-order valence-corrected chi connectivity index (χ0v) is 11.5. The van der Waals surface area contributed by atoms with Crippen molar-refractivity contribution in [2.75, 3.05) is 20.7 Å². The molecule has 5 heteroatoms. The van der Waals surface area contributed by atoms with E-state index in [1.807, 2.05) is 25.4 Å². The molecule has 0 aliphatic heterocycles. The van der Waals surface area contributed by atoms with Gasteiger partial charge in [0.15, 0.2) is 0 Å². The molecule has 0 aliphatic carbocycles. The first-order chi connectivity index (χ1) is 9.08. The highest BCUT2D eigenvalue weighted by molar-refractivity contribution is 5.83. The number of benzene rings is 1. The average molecular weight is 261 g/mol. The molecule has 0 radical (unpaired) electrons. The number of aromatic nitrogens is 1. The van der Waals surface area contributed by atoms with Gasteiger partial charge in [-0.15, -0.1) is 0 Å². The van der Waals surface area contributed by atoms with Gasteiger partial charge in [0.05, 0.1) is 6.61 Å². The summed E-state index contributed by atoms with van der Waals surface area (Å²) in [5, 5.41) is 2.77. The number of hydrogen-bond donors (Lipinski definition) is 1. The van der Waals surface area contributed by atoms with E-state index in [0.717, 1.165) is 10.9 Å². The van der Waals surface area contributed by atoms with Crippen LogP contribution in [0.5, 0.6) is 0 Å². The molecule has 1 N–H and O–H groups in total. The van der Waals surface area contributed by atoms with Crippen LogP contribution in [0.15, 0.2) is 30.5 Å². The van der Waals surface area contributed by atoms with E-state index in [1.165, 1.54) is 5.52 Å². The molecular formula is C14H19N3O2. The summed E-state index contributed by atoms with van der Waals surface area (Å²) in [6, 6.07) is 8.15. The van der Waals surface area contributed by atoms with Gasteiger partial charge in [-0.3, -0.25) is 10.2 Å². The Balaban J connectivity index is 1.97. The lowest BCUT2D eigenvalue weighted by Gasteiger charge is -2.11. The smallest absolute Gasteiger partial charge is 0.260 e. The number of ether oxygens (including phenoxy) is 1. The second-order valence-electron chi connectivity index (χ2n) is 4.70. The highest BCUT2D eigenvalue weighted by atomic mass is 16.5. The Morgan fingerprint density at radius 1 is 1.37 bits per heavy atom. The van der Waals surface area contributed by atoms with Crippen LogP contribution in [-0.4, -0.2) is 36.2 Å². The number of carbonyl (C=O) groups excluding carboxylic acids is 1. The van der Waals surface area contributed by atoms with E-state index in [4.69, 9.17) is 4.74 Å². The zero-order valence-electron chi connectivity index (χ0n) is 11.5. The Bertz CT molecular complexity index is 575. The van der Waals surface area contributed by atoms with Crippen LogP contribution in [0.3, 0.4) is 0 Å². The van der Waals surface area contributed by atoms with E-state index in [0.29, 0.717) is 6.61 Å². The van der Waals surface area contributed by atoms with Gasteiger partial charge in [-0.1, -0.05) is 18.2 Å². The van der Waals surface area contributed by atoms with Crippen molar-refractivity contribution < 1.29 is 9.53 Å². The third kappa shape index (κ3) is 3.33. The van der Waals surface area contributed by atoms with Gasteiger partial charge in [0.2, 0.25) is 0 Å². The molecule has 1 aromatic carbocycles. The van der Waals surface area contributed by atoms with Gasteiger partial charge in [-0.2, -0.15) is 0 Å². The molecule has 5 nitrogen and oxygen atoms in total. The lowest BCUT2D eigenvalue weighted by Crippen LogP contribution is -2.38. The summed E-state index contributed by atoms with van der Waals surface area (Å²) in [4.78, 5) is 11.4. The second-order valence-corrected chi connectivity index (χ2v) is 4.70. The van der Waals surface area contributed by atoms with Gasteiger partial charge >= 0.3 is 0 Å². The Labute approximate surface area is 112 Å². The number of aryl methyl sites for hydroxylation is 1. The Morgan fingerprint density at radius 3 is 2.84 bits per heavy atom. The fraction of sp³-hybridized carbons (Fsp3) is 0.357. The molecule has 2 rings (SSSR count). The Morgan fingerprint density at radius 2 is 2.11 bits per heavy atom. The van der Waals surface area contributed by atoms with Gasteiger partial charge in [-0.05, 0) is 6.07 Å². The van der Waals surface area contributed by atoms with Crippen LogP contribution in [0.1, 0.15) is 5.56 Å². The van der Waals surface area contributed by atoms with Gasteiger partial charge in [0.1, 0.15) is 6.61 Å². The number of hydrogen-bond acceptors (Lipinski definition) is 3. The van der Waals surface area contributed by atoms with E-state index in [1.54, 1.807) is 19.1 Å². The third-order valence-electron chi connectivity index (χ3n) is 2.82. The molecule has 1 heterocycles. The van der Waals surface area contributed by atoms with Gasteiger partial charge in [0.25, 0.3) is 5.91 Å². The Kier molecular flexibility index (Phi) is 4.19. The van der Waals surface area contributed by atoms with Crippen LogP contribution in [-0.2, 0) is 23.2 Å². The molecule has 0 saturated heterocycles. The lowest BCUT2D eigenvalue weighted by molar-refractivity contribution is -0.129. The number of nitrogens with zero attached hydrogens (tertiary/aromatic N) is 2. The standard InChI is InChI=1S/C14H19N3O2/c1-16(2)15-14(18)10-19-9-11-8-17(3)13-7-5-4-6-12(11)13/h4-8H,9-10H2,1-3H3,(H,15,18). The van der Waals surface area contributed by atoms with E-state index >= 15 is 0 Å². The van der Waals surface area contributed by atoms with Crippen molar-refractivity contribution in [3.8, 4) is 0 Å². The van der Waals surface area contributed by atoms with E-state index < -0.39 is 0 Å². The molecule has 0 fully saturated rings. The van der Waals surface area contributed by atoms with Crippen molar-refractivity contribution in [1.82, 2.24) is 15.0 Å². The summed E-state index contributed by atoms with van der Waals surface area (Å²) in [5.41, 5.74) is 4.89. The first-order valence-electron chi connectivity index (χ1n) is 6.15. The number of fused-ring (bicyclic) bond motifs is 1. The molecule has 19 heavy (non-hydrogen) atoms. The van der Waals surface area contributed by atoms with Crippen LogP contribution in [0.4, 0.5) is 0 Å².